The van der Waals surface area contributed by atoms with Crippen LogP contribution in [-0.4, -0.2) is 21.5 Å². The molecule has 25 heavy (non-hydrogen) atoms. The fourth-order valence-corrected chi connectivity index (χ4v) is 2.49. The number of benzene rings is 2. The highest BCUT2D eigenvalue weighted by Crippen LogP contribution is 2.17. The van der Waals surface area contributed by atoms with Gasteiger partial charge in [-0.15, -0.1) is 0 Å². The summed E-state index contributed by atoms with van der Waals surface area (Å²) in [6.07, 6.45) is 1.46. The molecule has 1 aromatic heterocycles. The summed E-state index contributed by atoms with van der Waals surface area (Å²) >= 11 is 0. The molecule has 126 valence electrons. The summed E-state index contributed by atoms with van der Waals surface area (Å²) in [6.45, 7) is 3.23. The number of halogens is 1. The van der Waals surface area contributed by atoms with Gasteiger partial charge in [0.2, 0.25) is 0 Å². The Morgan fingerprint density at radius 2 is 1.84 bits per heavy atom. The van der Waals surface area contributed by atoms with Crippen molar-refractivity contribution in [1.82, 2.24) is 9.78 Å². The van der Waals surface area contributed by atoms with Gasteiger partial charge in [-0.25, -0.2) is 9.07 Å². The van der Waals surface area contributed by atoms with Crippen LogP contribution in [0.15, 0.2) is 54.7 Å². The third-order valence-electron chi connectivity index (χ3n) is 3.85. The van der Waals surface area contributed by atoms with Crippen LogP contribution in [0.4, 0.5) is 10.1 Å². The second-order valence-corrected chi connectivity index (χ2v) is 5.62. The average molecular weight is 337 g/mol. The van der Waals surface area contributed by atoms with Gasteiger partial charge in [0.05, 0.1) is 23.1 Å². The number of nitrogens with zero attached hydrogens (tertiary/aromatic N) is 2. The lowest BCUT2D eigenvalue weighted by Gasteiger charge is -2.07. The first-order chi connectivity index (χ1) is 12.0. The lowest BCUT2D eigenvalue weighted by atomic mass is 10.1. The molecule has 6 heteroatoms. The molecule has 3 rings (SSSR count). The van der Waals surface area contributed by atoms with Crippen molar-refractivity contribution in [1.29, 1.82) is 0 Å². The van der Waals surface area contributed by atoms with Crippen LogP contribution >= 0.6 is 0 Å². The minimum atomic E-state index is -0.336. The molecule has 0 fully saturated rings. The predicted molar refractivity (Wildman–Crippen MR) is 92.7 cm³/mol. The molecule has 1 amide bonds. The Bertz CT molecular complexity index is 946. The number of carbonyl (C=O) groups excluding carboxylic acids is 2. The smallest absolute Gasteiger partial charge is 0.259 e. The third kappa shape index (κ3) is 3.47. The summed E-state index contributed by atoms with van der Waals surface area (Å²) in [4.78, 5) is 23.9. The van der Waals surface area contributed by atoms with Gasteiger partial charge >= 0.3 is 0 Å². The number of hydrogen-bond acceptors (Lipinski definition) is 3. The predicted octanol–water partition coefficient (Wildman–Crippen LogP) is 3.77. The van der Waals surface area contributed by atoms with Crippen molar-refractivity contribution in [3.05, 3.63) is 77.4 Å². The van der Waals surface area contributed by atoms with Crippen molar-refractivity contribution in [3.8, 4) is 5.69 Å². The molecule has 0 saturated heterocycles. The topological polar surface area (TPSA) is 64.0 Å². The lowest BCUT2D eigenvalue weighted by Crippen LogP contribution is -2.13. The highest BCUT2D eigenvalue weighted by Gasteiger charge is 2.15. The molecular formula is C19H16FN3O2. The monoisotopic (exact) mass is 337 g/mol. The maximum atomic E-state index is 13.1. The molecule has 0 aliphatic carbocycles. The van der Waals surface area contributed by atoms with Gasteiger partial charge in [0, 0.05) is 11.3 Å². The highest BCUT2D eigenvalue weighted by atomic mass is 19.1. The molecule has 1 heterocycles. The van der Waals surface area contributed by atoms with E-state index in [1.165, 1.54) is 25.3 Å². The summed E-state index contributed by atoms with van der Waals surface area (Å²) in [5.74, 6) is -0.736. The van der Waals surface area contributed by atoms with Crippen LogP contribution in [-0.2, 0) is 0 Å². The fourth-order valence-electron chi connectivity index (χ4n) is 2.49. The summed E-state index contributed by atoms with van der Waals surface area (Å²) < 4.78 is 14.6. The molecule has 2 aromatic carbocycles. The molecule has 5 nitrogen and oxygen atoms in total. The normalized spacial score (nSPS) is 10.5. The van der Waals surface area contributed by atoms with Crippen molar-refractivity contribution in [3.63, 3.8) is 0 Å². The van der Waals surface area contributed by atoms with Crippen molar-refractivity contribution in [2.45, 2.75) is 13.8 Å². The van der Waals surface area contributed by atoms with E-state index in [-0.39, 0.29) is 17.5 Å². The number of hydrogen-bond donors (Lipinski definition) is 1. The van der Waals surface area contributed by atoms with Gasteiger partial charge in [-0.1, -0.05) is 12.1 Å². The molecule has 0 atom stereocenters. The van der Waals surface area contributed by atoms with E-state index in [4.69, 9.17) is 0 Å². The van der Waals surface area contributed by atoms with E-state index in [0.29, 0.717) is 28.2 Å². The van der Waals surface area contributed by atoms with Crippen LogP contribution < -0.4 is 5.32 Å². The minimum absolute atomic E-state index is 0.0728. The van der Waals surface area contributed by atoms with Crippen molar-refractivity contribution in [2.75, 3.05) is 5.32 Å². The SMILES string of the molecule is CC(=O)c1cccc(NC(=O)c2cnn(-c3ccc(F)cc3)c2C)c1. The first-order valence-corrected chi connectivity index (χ1v) is 7.68. The maximum Gasteiger partial charge on any atom is 0.259 e. The Morgan fingerprint density at radius 1 is 1.12 bits per heavy atom. The van der Waals surface area contributed by atoms with Crippen molar-refractivity contribution < 1.29 is 14.0 Å². The number of anilines is 1. The third-order valence-corrected chi connectivity index (χ3v) is 3.85. The molecular weight excluding hydrogens is 321 g/mol. The van der Waals surface area contributed by atoms with Gasteiger partial charge in [-0.3, -0.25) is 9.59 Å². The maximum absolute atomic E-state index is 13.1. The number of nitrogens with one attached hydrogen (secondary N) is 1. The van der Waals surface area contributed by atoms with E-state index in [2.05, 4.69) is 10.4 Å². The lowest BCUT2D eigenvalue weighted by molar-refractivity contribution is 0.101. The van der Waals surface area contributed by atoms with Gasteiger partial charge < -0.3 is 5.32 Å². The van der Waals surface area contributed by atoms with Crippen molar-refractivity contribution >= 4 is 17.4 Å². The zero-order valence-corrected chi connectivity index (χ0v) is 13.8. The first kappa shape index (κ1) is 16.6. The fraction of sp³-hybridized carbons (Fsp3) is 0.105. The minimum Gasteiger partial charge on any atom is -0.322 e. The van der Waals surface area contributed by atoms with Crippen molar-refractivity contribution in [2.24, 2.45) is 0 Å². The zero-order valence-electron chi connectivity index (χ0n) is 13.8. The van der Waals surface area contributed by atoms with Gasteiger partial charge in [0.25, 0.3) is 5.91 Å². The Hall–Kier alpha value is -3.28. The number of ketones is 1. The molecule has 0 unspecified atom stereocenters. The largest absolute Gasteiger partial charge is 0.322 e. The Morgan fingerprint density at radius 3 is 2.52 bits per heavy atom. The van der Waals surface area contributed by atoms with Gasteiger partial charge in [0.15, 0.2) is 5.78 Å². The average Bonchev–Trinajstić information content (AvgIpc) is 2.97. The van der Waals surface area contributed by atoms with E-state index >= 15 is 0 Å². The van der Waals surface area contributed by atoms with Crippen LogP contribution in [0, 0.1) is 12.7 Å². The molecule has 0 aliphatic rings. The Kier molecular flexibility index (Phi) is 4.43. The Labute approximate surface area is 144 Å². The molecule has 0 radical (unpaired) electrons. The molecule has 3 aromatic rings. The molecule has 0 spiro atoms. The summed E-state index contributed by atoms with van der Waals surface area (Å²) in [6, 6.07) is 12.6. The number of rotatable bonds is 4. The second kappa shape index (κ2) is 6.68. The van der Waals surface area contributed by atoms with Crippen LogP contribution in [0.2, 0.25) is 0 Å². The summed E-state index contributed by atoms with van der Waals surface area (Å²) in [7, 11) is 0. The van der Waals surface area contributed by atoms with Crippen LogP contribution in [0.25, 0.3) is 5.69 Å². The van der Waals surface area contributed by atoms with E-state index in [1.54, 1.807) is 48.0 Å². The quantitative estimate of drug-likeness (QED) is 0.737. The van der Waals surface area contributed by atoms with Gasteiger partial charge in [-0.2, -0.15) is 5.10 Å². The molecule has 1 N–H and O–H groups in total. The number of carbonyl (C=O) groups is 2. The number of aromatic nitrogens is 2. The second-order valence-electron chi connectivity index (χ2n) is 5.62. The van der Waals surface area contributed by atoms with Gasteiger partial charge in [0.1, 0.15) is 5.82 Å². The summed E-state index contributed by atoms with van der Waals surface area (Å²) in [5.41, 5.74) is 2.75. The van der Waals surface area contributed by atoms with E-state index in [9.17, 15) is 14.0 Å². The highest BCUT2D eigenvalue weighted by molar-refractivity contribution is 6.05. The number of Topliss-reactive ketones (excluding diaryl/α,β-unsaturated/α-hetero) is 1. The molecule has 0 saturated carbocycles. The first-order valence-electron chi connectivity index (χ1n) is 7.68. The van der Waals surface area contributed by atoms with Gasteiger partial charge in [-0.05, 0) is 50.2 Å². The summed E-state index contributed by atoms with van der Waals surface area (Å²) in [5, 5.41) is 6.97. The Balaban J connectivity index is 1.85. The molecule has 0 aliphatic heterocycles. The standard InChI is InChI=1S/C19H16FN3O2/c1-12-18(11-21-23(12)17-8-6-15(20)7-9-17)19(25)22-16-5-3-4-14(10-16)13(2)24/h3-11H,1-2H3,(H,22,25). The van der Waals surface area contributed by atoms with Crippen LogP contribution in [0.5, 0.6) is 0 Å². The van der Waals surface area contributed by atoms with E-state index in [0.717, 1.165) is 0 Å². The molecule has 0 bridgehead atoms. The van der Waals surface area contributed by atoms with E-state index in [1.807, 2.05) is 0 Å². The van der Waals surface area contributed by atoms with E-state index < -0.39 is 0 Å². The van der Waals surface area contributed by atoms with Crippen LogP contribution in [0.3, 0.4) is 0 Å². The number of amides is 1. The zero-order chi connectivity index (χ0) is 18.0. The van der Waals surface area contributed by atoms with Crippen LogP contribution in [0.1, 0.15) is 33.3 Å².